The number of amides is 2. The van der Waals surface area contributed by atoms with Gasteiger partial charge < -0.3 is 20.3 Å². The fourth-order valence-electron chi connectivity index (χ4n) is 3.33. The lowest BCUT2D eigenvalue weighted by Gasteiger charge is -2.16. The first-order valence-electron chi connectivity index (χ1n) is 9.59. The van der Waals surface area contributed by atoms with E-state index in [9.17, 15) is 4.79 Å². The second kappa shape index (κ2) is 7.60. The zero-order chi connectivity index (χ0) is 17.1. The van der Waals surface area contributed by atoms with E-state index in [1.807, 2.05) is 12.1 Å². The number of carbonyl (C=O) groups is 1. The van der Waals surface area contributed by atoms with Gasteiger partial charge in [0.2, 0.25) is 5.88 Å². The summed E-state index contributed by atoms with van der Waals surface area (Å²) < 4.78 is 5.69. The van der Waals surface area contributed by atoms with Gasteiger partial charge in [-0.2, -0.15) is 0 Å². The van der Waals surface area contributed by atoms with Crippen LogP contribution < -0.4 is 15.4 Å². The van der Waals surface area contributed by atoms with Gasteiger partial charge in [-0.05, 0) is 55.6 Å². The van der Waals surface area contributed by atoms with Crippen LogP contribution in [-0.2, 0) is 6.54 Å². The average molecular weight is 344 g/mol. The molecule has 0 radical (unpaired) electrons. The maximum absolute atomic E-state index is 12.1. The summed E-state index contributed by atoms with van der Waals surface area (Å²) in [4.78, 5) is 18.8. The lowest BCUT2D eigenvalue weighted by molar-refractivity contribution is 0.235. The molecule has 3 aliphatic rings. The molecular formula is C19H28N4O2. The molecule has 6 nitrogen and oxygen atoms in total. The van der Waals surface area contributed by atoms with Gasteiger partial charge in [0.1, 0.15) is 0 Å². The maximum Gasteiger partial charge on any atom is 0.315 e. The van der Waals surface area contributed by atoms with Crippen molar-refractivity contribution in [2.24, 2.45) is 11.8 Å². The highest BCUT2D eigenvalue weighted by atomic mass is 16.5. The number of rotatable bonds is 8. The summed E-state index contributed by atoms with van der Waals surface area (Å²) in [5.74, 6) is 2.27. The molecule has 25 heavy (non-hydrogen) atoms. The Labute approximate surface area is 149 Å². The first-order valence-corrected chi connectivity index (χ1v) is 9.59. The summed E-state index contributed by atoms with van der Waals surface area (Å²) in [7, 11) is 0. The summed E-state index contributed by atoms with van der Waals surface area (Å²) in [6.45, 7) is 4.54. The molecule has 2 aliphatic carbocycles. The van der Waals surface area contributed by atoms with Gasteiger partial charge >= 0.3 is 6.03 Å². The molecule has 1 aromatic heterocycles. The predicted octanol–water partition coefficient (Wildman–Crippen LogP) is 2.15. The molecule has 1 saturated heterocycles. The quantitative estimate of drug-likeness (QED) is 0.758. The number of aromatic nitrogens is 1. The van der Waals surface area contributed by atoms with Gasteiger partial charge in [0.05, 0.1) is 6.61 Å². The van der Waals surface area contributed by atoms with Crippen molar-refractivity contribution in [3.05, 3.63) is 23.9 Å². The number of nitrogens with zero attached hydrogens (tertiary/aromatic N) is 2. The Morgan fingerprint density at radius 1 is 1.24 bits per heavy atom. The molecule has 1 atom stereocenters. The second-order valence-corrected chi connectivity index (χ2v) is 7.77. The van der Waals surface area contributed by atoms with Crippen molar-refractivity contribution in [2.45, 2.75) is 44.7 Å². The van der Waals surface area contributed by atoms with Crippen LogP contribution in [0.1, 0.15) is 37.7 Å². The molecule has 2 saturated carbocycles. The summed E-state index contributed by atoms with van der Waals surface area (Å²) in [5, 5.41) is 6.04. The van der Waals surface area contributed by atoms with Crippen LogP contribution in [0.15, 0.2) is 18.3 Å². The molecule has 1 aliphatic heterocycles. The van der Waals surface area contributed by atoms with Crippen LogP contribution in [0.2, 0.25) is 0 Å². The van der Waals surface area contributed by atoms with Crippen LogP contribution in [0.4, 0.5) is 4.79 Å². The highest BCUT2D eigenvalue weighted by Crippen LogP contribution is 2.31. The molecule has 6 heteroatoms. The van der Waals surface area contributed by atoms with Crippen molar-refractivity contribution in [1.29, 1.82) is 0 Å². The molecule has 136 valence electrons. The minimum absolute atomic E-state index is 0.0875. The van der Waals surface area contributed by atoms with E-state index < -0.39 is 0 Å². The van der Waals surface area contributed by atoms with Crippen molar-refractivity contribution >= 4 is 6.03 Å². The van der Waals surface area contributed by atoms with Gasteiger partial charge in [-0.1, -0.05) is 0 Å². The Kier molecular flexibility index (Phi) is 5.06. The molecule has 0 bridgehead atoms. The summed E-state index contributed by atoms with van der Waals surface area (Å²) in [5.41, 5.74) is 1.01. The third-order valence-electron chi connectivity index (χ3n) is 5.24. The lowest BCUT2D eigenvalue weighted by atomic mass is 10.2. The third kappa shape index (κ3) is 5.33. The molecule has 4 rings (SSSR count). The van der Waals surface area contributed by atoms with E-state index in [0.717, 1.165) is 37.6 Å². The molecule has 2 amide bonds. The fourth-order valence-corrected chi connectivity index (χ4v) is 3.33. The van der Waals surface area contributed by atoms with E-state index in [1.54, 1.807) is 6.20 Å². The molecule has 0 aromatic carbocycles. The van der Waals surface area contributed by atoms with E-state index in [0.29, 0.717) is 18.3 Å². The lowest BCUT2D eigenvalue weighted by Crippen LogP contribution is -2.43. The average Bonchev–Trinajstić information content (AvgIpc) is 3.53. The highest BCUT2D eigenvalue weighted by molar-refractivity contribution is 5.74. The van der Waals surface area contributed by atoms with Gasteiger partial charge in [-0.25, -0.2) is 9.78 Å². The van der Waals surface area contributed by atoms with Crippen LogP contribution in [0.5, 0.6) is 5.88 Å². The highest BCUT2D eigenvalue weighted by Gasteiger charge is 2.29. The van der Waals surface area contributed by atoms with Crippen LogP contribution in [0, 0.1) is 11.8 Å². The number of hydrogen-bond donors (Lipinski definition) is 2. The number of pyridine rings is 1. The normalized spacial score (nSPS) is 23.4. The smallest absolute Gasteiger partial charge is 0.315 e. The molecule has 0 spiro atoms. The Hall–Kier alpha value is -1.82. The zero-order valence-electron chi connectivity index (χ0n) is 14.7. The van der Waals surface area contributed by atoms with E-state index in [-0.39, 0.29) is 12.1 Å². The Bertz CT molecular complexity index is 601. The van der Waals surface area contributed by atoms with Gasteiger partial charge in [0.25, 0.3) is 0 Å². The number of carbonyl (C=O) groups excluding carboxylic acids is 1. The molecule has 2 N–H and O–H groups in total. The number of likely N-dealkylation sites (tertiary alicyclic amines) is 1. The molecule has 0 unspecified atom stereocenters. The summed E-state index contributed by atoms with van der Waals surface area (Å²) >= 11 is 0. The van der Waals surface area contributed by atoms with Crippen molar-refractivity contribution in [1.82, 2.24) is 20.5 Å². The van der Waals surface area contributed by atoms with Gasteiger partial charge in [0, 0.05) is 44.5 Å². The van der Waals surface area contributed by atoms with Crippen molar-refractivity contribution in [3.63, 3.8) is 0 Å². The van der Waals surface area contributed by atoms with Crippen LogP contribution in [0.3, 0.4) is 0 Å². The number of ether oxygens (including phenoxy) is 1. The van der Waals surface area contributed by atoms with E-state index in [2.05, 4.69) is 20.5 Å². The van der Waals surface area contributed by atoms with Crippen molar-refractivity contribution < 1.29 is 9.53 Å². The van der Waals surface area contributed by atoms with Crippen molar-refractivity contribution in [2.75, 3.05) is 26.2 Å². The minimum atomic E-state index is -0.0875. The summed E-state index contributed by atoms with van der Waals surface area (Å²) in [6, 6.07) is 4.01. The van der Waals surface area contributed by atoms with Crippen molar-refractivity contribution in [3.8, 4) is 5.88 Å². The van der Waals surface area contributed by atoms with E-state index in [4.69, 9.17) is 4.74 Å². The van der Waals surface area contributed by atoms with Gasteiger partial charge in [-0.15, -0.1) is 0 Å². The Morgan fingerprint density at radius 3 is 2.88 bits per heavy atom. The Morgan fingerprint density at radius 2 is 2.08 bits per heavy atom. The maximum atomic E-state index is 12.1. The molecule has 1 aromatic rings. The van der Waals surface area contributed by atoms with Gasteiger partial charge in [0.15, 0.2) is 0 Å². The largest absolute Gasteiger partial charge is 0.477 e. The van der Waals surface area contributed by atoms with Crippen LogP contribution in [0.25, 0.3) is 0 Å². The molecule has 3 fully saturated rings. The first-order chi connectivity index (χ1) is 12.2. The van der Waals surface area contributed by atoms with Gasteiger partial charge in [-0.3, -0.25) is 0 Å². The molecular weight excluding hydrogens is 316 g/mol. The third-order valence-corrected chi connectivity index (χ3v) is 5.24. The minimum Gasteiger partial charge on any atom is -0.477 e. The fraction of sp³-hybridized carbons (Fsp3) is 0.684. The Balaban J connectivity index is 1.17. The monoisotopic (exact) mass is 344 g/mol. The van der Waals surface area contributed by atoms with Crippen LogP contribution in [-0.4, -0.2) is 48.2 Å². The predicted molar refractivity (Wildman–Crippen MR) is 95.4 cm³/mol. The van der Waals surface area contributed by atoms with E-state index in [1.165, 1.54) is 32.2 Å². The topological polar surface area (TPSA) is 66.5 Å². The zero-order valence-corrected chi connectivity index (χ0v) is 14.7. The summed E-state index contributed by atoms with van der Waals surface area (Å²) in [6.07, 6.45) is 8.08. The number of nitrogens with one attached hydrogen (secondary N) is 2. The second-order valence-electron chi connectivity index (χ2n) is 7.77. The first kappa shape index (κ1) is 16.6. The number of hydrogen-bond acceptors (Lipinski definition) is 4. The van der Waals surface area contributed by atoms with Crippen LogP contribution >= 0.6 is 0 Å². The number of urea groups is 1. The SMILES string of the molecule is O=C(NCc1ccnc(OCC2CC2)c1)N[C@@H]1CCN(CC2CC2)C1. The standard InChI is InChI=1S/C19H28N4O2/c24-19(22-17-6-8-23(12-17)11-14-1-2-14)21-10-16-5-7-20-18(9-16)25-13-15-3-4-15/h5,7,9,14-15,17H,1-4,6,8,10-13H2,(H2,21,22,24)/t17-/m1/s1. The van der Waals surface area contributed by atoms with E-state index >= 15 is 0 Å². The molecule has 2 heterocycles.